The SMILES string of the molecule is Cc1ccc(-c2nc(C)c(C(=O)Nc3ccc(Oc4cnccn4)cc3)s2)o1. The number of aryl methyl sites for hydroxylation is 2. The highest BCUT2D eigenvalue weighted by Crippen LogP contribution is 2.30. The maximum atomic E-state index is 12.6. The van der Waals surface area contributed by atoms with Crippen LogP contribution in [0, 0.1) is 13.8 Å². The van der Waals surface area contributed by atoms with E-state index >= 15 is 0 Å². The molecule has 1 N–H and O–H groups in total. The number of benzene rings is 1. The molecule has 0 saturated carbocycles. The molecule has 0 unspecified atom stereocenters. The molecule has 0 spiro atoms. The smallest absolute Gasteiger partial charge is 0.267 e. The lowest BCUT2D eigenvalue weighted by Gasteiger charge is -2.06. The zero-order chi connectivity index (χ0) is 19.5. The van der Waals surface area contributed by atoms with Crippen LogP contribution in [0.2, 0.25) is 0 Å². The zero-order valence-corrected chi connectivity index (χ0v) is 16.0. The van der Waals surface area contributed by atoms with Crippen LogP contribution >= 0.6 is 11.3 Å². The maximum absolute atomic E-state index is 12.6. The first-order valence-electron chi connectivity index (χ1n) is 8.48. The summed E-state index contributed by atoms with van der Waals surface area (Å²) < 4.78 is 11.2. The van der Waals surface area contributed by atoms with Gasteiger partial charge in [0.2, 0.25) is 5.88 Å². The van der Waals surface area contributed by atoms with Crippen molar-refractivity contribution in [3.05, 3.63) is 71.3 Å². The van der Waals surface area contributed by atoms with Gasteiger partial charge >= 0.3 is 0 Å². The van der Waals surface area contributed by atoms with Crippen molar-refractivity contribution in [1.29, 1.82) is 0 Å². The first-order chi connectivity index (χ1) is 13.6. The minimum Gasteiger partial charge on any atom is -0.459 e. The molecule has 8 heteroatoms. The average molecular weight is 392 g/mol. The van der Waals surface area contributed by atoms with Gasteiger partial charge in [-0.1, -0.05) is 0 Å². The third-order valence-corrected chi connectivity index (χ3v) is 5.00. The largest absolute Gasteiger partial charge is 0.459 e. The number of carbonyl (C=O) groups is 1. The lowest BCUT2D eigenvalue weighted by molar-refractivity contribution is 0.103. The van der Waals surface area contributed by atoms with Crippen LogP contribution in [0.5, 0.6) is 11.6 Å². The fraction of sp³-hybridized carbons (Fsp3) is 0.100. The van der Waals surface area contributed by atoms with Gasteiger partial charge in [-0.25, -0.2) is 9.97 Å². The number of aromatic nitrogens is 3. The number of hydrogen-bond donors (Lipinski definition) is 1. The molecule has 0 saturated heterocycles. The molecule has 0 aliphatic carbocycles. The second kappa shape index (κ2) is 7.61. The van der Waals surface area contributed by atoms with Crippen LogP contribution in [0.15, 0.2) is 59.4 Å². The number of nitrogens with one attached hydrogen (secondary N) is 1. The number of carbonyl (C=O) groups excluding carboxylic acids is 1. The number of nitrogens with zero attached hydrogens (tertiary/aromatic N) is 3. The van der Waals surface area contributed by atoms with E-state index in [9.17, 15) is 4.79 Å². The van der Waals surface area contributed by atoms with Gasteiger partial charge in [0.15, 0.2) is 10.8 Å². The number of rotatable bonds is 5. The Morgan fingerprint density at radius 3 is 2.61 bits per heavy atom. The van der Waals surface area contributed by atoms with Gasteiger partial charge in [0.1, 0.15) is 16.4 Å². The molecule has 1 aromatic carbocycles. The second-order valence-electron chi connectivity index (χ2n) is 5.97. The number of ether oxygens (including phenoxy) is 1. The standard InChI is InChI=1S/C20H16N4O3S/c1-12-3-8-16(26-12)20-23-13(2)18(28-20)19(25)24-14-4-6-15(7-5-14)27-17-11-21-9-10-22-17/h3-11H,1-2H3,(H,24,25). The number of hydrogen-bond acceptors (Lipinski definition) is 7. The van der Waals surface area contributed by atoms with E-state index in [1.54, 1.807) is 36.7 Å². The van der Waals surface area contributed by atoms with Crippen molar-refractivity contribution < 1.29 is 13.9 Å². The van der Waals surface area contributed by atoms with Crippen LogP contribution in [0.3, 0.4) is 0 Å². The van der Waals surface area contributed by atoms with Gasteiger partial charge in [0.25, 0.3) is 5.91 Å². The Morgan fingerprint density at radius 2 is 1.93 bits per heavy atom. The summed E-state index contributed by atoms with van der Waals surface area (Å²) >= 11 is 1.30. The van der Waals surface area contributed by atoms with Crippen LogP contribution in [0.25, 0.3) is 10.8 Å². The Kier molecular flexibility index (Phi) is 4.86. The van der Waals surface area contributed by atoms with Crippen molar-refractivity contribution in [3.63, 3.8) is 0 Å². The predicted octanol–water partition coefficient (Wildman–Crippen LogP) is 4.85. The summed E-state index contributed by atoms with van der Waals surface area (Å²) in [4.78, 5) is 25.6. The fourth-order valence-corrected chi connectivity index (χ4v) is 3.44. The first kappa shape index (κ1) is 17.9. The molecule has 0 aliphatic heterocycles. The van der Waals surface area contributed by atoms with E-state index in [1.165, 1.54) is 17.5 Å². The Labute approximate surface area is 165 Å². The lowest BCUT2D eigenvalue weighted by atomic mass is 10.3. The molecule has 3 aromatic heterocycles. The highest BCUT2D eigenvalue weighted by Gasteiger charge is 2.18. The number of thiazole rings is 1. The normalized spacial score (nSPS) is 10.6. The average Bonchev–Trinajstić information content (AvgIpc) is 3.30. The third kappa shape index (κ3) is 3.91. The van der Waals surface area contributed by atoms with Crippen LogP contribution in [0.4, 0.5) is 5.69 Å². The number of anilines is 1. The predicted molar refractivity (Wildman–Crippen MR) is 106 cm³/mol. The van der Waals surface area contributed by atoms with E-state index < -0.39 is 0 Å². The van der Waals surface area contributed by atoms with Gasteiger partial charge in [0.05, 0.1) is 11.9 Å². The molecule has 0 aliphatic rings. The molecule has 0 bridgehead atoms. The molecule has 3 heterocycles. The molecule has 4 aromatic rings. The van der Waals surface area contributed by atoms with Gasteiger partial charge in [-0.15, -0.1) is 11.3 Å². The molecule has 4 rings (SSSR count). The Hall–Kier alpha value is -3.52. The summed E-state index contributed by atoms with van der Waals surface area (Å²) in [6.45, 7) is 3.68. The molecule has 1 amide bonds. The van der Waals surface area contributed by atoms with Crippen molar-refractivity contribution in [2.45, 2.75) is 13.8 Å². The van der Waals surface area contributed by atoms with E-state index in [0.29, 0.717) is 38.7 Å². The summed E-state index contributed by atoms with van der Waals surface area (Å²) in [5.74, 6) is 2.25. The minimum absolute atomic E-state index is 0.216. The quantitative estimate of drug-likeness (QED) is 0.522. The van der Waals surface area contributed by atoms with Gasteiger partial charge in [-0.2, -0.15) is 0 Å². The third-order valence-electron chi connectivity index (χ3n) is 3.83. The van der Waals surface area contributed by atoms with Crippen LogP contribution in [-0.2, 0) is 0 Å². The van der Waals surface area contributed by atoms with E-state index in [2.05, 4.69) is 20.3 Å². The van der Waals surface area contributed by atoms with Crippen molar-refractivity contribution in [2.75, 3.05) is 5.32 Å². The number of amides is 1. The molecule has 0 fully saturated rings. The fourth-order valence-electron chi connectivity index (χ4n) is 2.51. The molecule has 28 heavy (non-hydrogen) atoms. The van der Waals surface area contributed by atoms with Crippen molar-refractivity contribution in [1.82, 2.24) is 15.0 Å². The second-order valence-corrected chi connectivity index (χ2v) is 6.97. The zero-order valence-electron chi connectivity index (χ0n) is 15.2. The van der Waals surface area contributed by atoms with E-state index in [-0.39, 0.29) is 5.91 Å². The summed E-state index contributed by atoms with van der Waals surface area (Å²) in [7, 11) is 0. The molecule has 0 atom stereocenters. The van der Waals surface area contributed by atoms with Crippen molar-refractivity contribution in [2.24, 2.45) is 0 Å². The summed E-state index contributed by atoms with van der Waals surface area (Å²) in [5.41, 5.74) is 1.31. The lowest BCUT2D eigenvalue weighted by Crippen LogP contribution is -2.11. The molecular weight excluding hydrogens is 376 g/mol. The highest BCUT2D eigenvalue weighted by atomic mass is 32.1. The van der Waals surface area contributed by atoms with E-state index in [4.69, 9.17) is 9.15 Å². The summed E-state index contributed by atoms with van der Waals surface area (Å²) in [6, 6.07) is 10.7. The number of furan rings is 1. The van der Waals surface area contributed by atoms with Gasteiger partial charge < -0.3 is 14.5 Å². The monoisotopic (exact) mass is 392 g/mol. The van der Waals surface area contributed by atoms with Crippen LogP contribution in [0.1, 0.15) is 21.1 Å². The van der Waals surface area contributed by atoms with Crippen molar-refractivity contribution in [3.8, 4) is 22.4 Å². The Bertz CT molecular complexity index is 1100. The Balaban J connectivity index is 1.46. The summed E-state index contributed by atoms with van der Waals surface area (Å²) in [6.07, 6.45) is 4.66. The van der Waals surface area contributed by atoms with E-state index in [1.807, 2.05) is 26.0 Å². The molecule has 0 radical (unpaired) electrons. The van der Waals surface area contributed by atoms with Crippen LogP contribution in [-0.4, -0.2) is 20.9 Å². The first-order valence-corrected chi connectivity index (χ1v) is 9.29. The molecule has 7 nitrogen and oxygen atoms in total. The maximum Gasteiger partial charge on any atom is 0.267 e. The van der Waals surface area contributed by atoms with Gasteiger partial charge in [-0.3, -0.25) is 9.78 Å². The Morgan fingerprint density at radius 1 is 1.11 bits per heavy atom. The van der Waals surface area contributed by atoms with Gasteiger partial charge in [-0.05, 0) is 50.2 Å². The highest BCUT2D eigenvalue weighted by molar-refractivity contribution is 7.17. The van der Waals surface area contributed by atoms with Crippen molar-refractivity contribution >= 4 is 22.9 Å². The summed E-state index contributed by atoms with van der Waals surface area (Å²) in [5, 5.41) is 3.56. The topological polar surface area (TPSA) is 90.1 Å². The van der Waals surface area contributed by atoms with Crippen LogP contribution < -0.4 is 10.1 Å². The molecule has 140 valence electrons. The molecular formula is C20H16N4O3S. The van der Waals surface area contributed by atoms with E-state index in [0.717, 1.165) is 5.76 Å². The minimum atomic E-state index is -0.216. The van der Waals surface area contributed by atoms with Gasteiger partial charge in [0, 0.05) is 18.1 Å².